The van der Waals surface area contributed by atoms with Crippen molar-refractivity contribution in [1.82, 2.24) is 5.43 Å². The summed E-state index contributed by atoms with van der Waals surface area (Å²) >= 11 is 0. The largest absolute Gasteiger partial charge is 0.502 e. The number of nitrogens with one attached hydrogen (secondary N) is 1. The fourth-order valence-electron chi connectivity index (χ4n) is 1.40. The van der Waals surface area contributed by atoms with Crippen LogP contribution in [-0.4, -0.2) is 22.3 Å². The van der Waals surface area contributed by atoms with E-state index < -0.39 is 22.4 Å². The van der Waals surface area contributed by atoms with Crippen LogP contribution in [0, 0.1) is 10.1 Å². The number of carbonyl (C=O) groups is 1. The van der Waals surface area contributed by atoms with Gasteiger partial charge in [0.05, 0.1) is 11.1 Å². The number of hydrazone groups is 1. The molecule has 0 aliphatic heterocycles. The van der Waals surface area contributed by atoms with Crippen LogP contribution in [0.5, 0.6) is 5.75 Å². The average Bonchev–Trinajstić information content (AvgIpc) is 2.30. The summed E-state index contributed by atoms with van der Waals surface area (Å²) in [6.45, 7) is 3.72. The topological polar surface area (TPSA) is 131 Å². The molecule has 0 aliphatic carbocycles. The van der Waals surface area contributed by atoms with Gasteiger partial charge in [-0.15, -0.1) is 0 Å². The zero-order valence-corrected chi connectivity index (χ0v) is 10.5. The van der Waals surface area contributed by atoms with Crippen molar-refractivity contribution in [2.24, 2.45) is 10.8 Å². The number of benzene rings is 1. The summed E-state index contributed by atoms with van der Waals surface area (Å²) in [6, 6.07) is 1.99. The van der Waals surface area contributed by atoms with Crippen LogP contribution in [0.25, 0.3) is 0 Å². The molecule has 1 aromatic carbocycles. The van der Waals surface area contributed by atoms with Crippen LogP contribution in [0.4, 0.5) is 10.5 Å². The van der Waals surface area contributed by atoms with Gasteiger partial charge >= 0.3 is 11.7 Å². The first-order valence-corrected chi connectivity index (χ1v) is 5.42. The van der Waals surface area contributed by atoms with E-state index in [1.165, 1.54) is 6.07 Å². The summed E-state index contributed by atoms with van der Waals surface area (Å²) in [5.74, 6) is -0.472. The van der Waals surface area contributed by atoms with Gasteiger partial charge in [0, 0.05) is 11.6 Å². The molecule has 0 atom stereocenters. The third-order valence-corrected chi connectivity index (χ3v) is 2.38. The van der Waals surface area contributed by atoms with Crippen molar-refractivity contribution in [2.45, 2.75) is 19.8 Å². The van der Waals surface area contributed by atoms with Crippen LogP contribution in [0.15, 0.2) is 17.2 Å². The lowest BCUT2D eigenvalue weighted by atomic mass is 9.99. The summed E-state index contributed by atoms with van der Waals surface area (Å²) in [5, 5.41) is 24.1. The van der Waals surface area contributed by atoms with Gasteiger partial charge in [-0.2, -0.15) is 5.10 Å². The summed E-state index contributed by atoms with van der Waals surface area (Å²) in [6.07, 6.45) is 1.10. The number of hydrogen-bond donors (Lipinski definition) is 3. The number of rotatable bonds is 4. The summed E-state index contributed by atoms with van der Waals surface area (Å²) in [7, 11) is 0. The van der Waals surface area contributed by atoms with Crippen molar-refractivity contribution in [1.29, 1.82) is 0 Å². The highest BCUT2D eigenvalue weighted by Crippen LogP contribution is 2.32. The number of nitro benzene ring substituents is 1. The van der Waals surface area contributed by atoms with E-state index in [0.717, 1.165) is 6.21 Å². The van der Waals surface area contributed by atoms with Crippen molar-refractivity contribution in [3.05, 3.63) is 33.4 Å². The predicted octanol–water partition coefficient (Wildman–Crippen LogP) is 1.43. The number of phenolic OH excluding ortho intramolecular Hbond substituents is 1. The number of nitrogens with zero attached hydrogens (tertiary/aromatic N) is 2. The van der Waals surface area contributed by atoms with Crippen LogP contribution in [0.3, 0.4) is 0 Å². The first-order valence-electron chi connectivity index (χ1n) is 5.42. The number of nitrogens with two attached hydrogens (primary N) is 1. The lowest BCUT2D eigenvalue weighted by molar-refractivity contribution is -0.385. The quantitative estimate of drug-likeness (QED) is 0.432. The maximum atomic E-state index is 10.8. The van der Waals surface area contributed by atoms with E-state index in [2.05, 4.69) is 5.10 Å². The van der Waals surface area contributed by atoms with Gasteiger partial charge in [-0.05, 0) is 17.5 Å². The molecule has 2 amide bonds. The van der Waals surface area contributed by atoms with Gasteiger partial charge in [0.25, 0.3) is 0 Å². The van der Waals surface area contributed by atoms with Crippen LogP contribution in [-0.2, 0) is 0 Å². The maximum absolute atomic E-state index is 10.8. The number of phenols is 1. The molecular weight excluding hydrogens is 252 g/mol. The van der Waals surface area contributed by atoms with Gasteiger partial charge in [-0.3, -0.25) is 10.1 Å². The van der Waals surface area contributed by atoms with Crippen molar-refractivity contribution >= 4 is 17.9 Å². The monoisotopic (exact) mass is 266 g/mol. The molecule has 0 saturated carbocycles. The Kier molecular flexibility index (Phi) is 4.41. The molecule has 4 N–H and O–H groups in total. The lowest BCUT2D eigenvalue weighted by Gasteiger charge is -2.08. The molecule has 19 heavy (non-hydrogen) atoms. The van der Waals surface area contributed by atoms with Crippen molar-refractivity contribution < 1.29 is 14.8 Å². The van der Waals surface area contributed by atoms with Gasteiger partial charge in [0.1, 0.15) is 0 Å². The molecule has 0 aromatic heterocycles. The van der Waals surface area contributed by atoms with E-state index >= 15 is 0 Å². The number of hydrogen-bond acceptors (Lipinski definition) is 5. The van der Waals surface area contributed by atoms with E-state index in [9.17, 15) is 20.0 Å². The number of urea groups is 1. The van der Waals surface area contributed by atoms with E-state index in [0.29, 0.717) is 5.56 Å². The average molecular weight is 266 g/mol. The molecule has 1 rings (SSSR count). The van der Waals surface area contributed by atoms with Crippen LogP contribution >= 0.6 is 0 Å². The molecule has 1 aromatic rings. The molecular formula is C11H14N4O4. The number of primary amides is 1. The second kappa shape index (κ2) is 5.80. The standard InChI is InChI=1S/C11H14N4O4/c1-6(2)7-3-8(5-13-14-11(12)17)10(16)9(4-7)15(18)19/h3-6,16H,1-2H3,(H3,12,14,17). The molecule has 0 aliphatic rings. The minimum absolute atomic E-state index is 0.0375. The zero-order valence-electron chi connectivity index (χ0n) is 10.5. The predicted molar refractivity (Wildman–Crippen MR) is 69.2 cm³/mol. The van der Waals surface area contributed by atoms with Gasteiger partial charge in [0.15, 0.2) is 0 Å². The van der Waals surface area contributed by atoms with Gasteiger partial charge in [-0.25, -0.2) is 10.2 Å². The highest BCUT2D eigenvalue weighted by Gasteiger charge is 2.19. The number of amides is 2. The summed E-state index contributed by atoms with van der Waals surface area (Å²) in [5.41, 5.74) is 7.15. The Morgan fingerprint density at radius 1 is 1.58 bits per heavy atom. The Labute approximate surface area is 109 Å². The first kappa shape index (κ1) is 14.4. The van der Waals surface area contributed by atoms with Crippen LogP contribution < -0.4 is 11.2 Å². The Hall–Kier alpha value is -2.64. The molecule has 0 unspecified atom stereocenters. The molecule has 0 bridgehead atoms. The highest BCUT2D eigenvalue weighted by molar-refractivity contribution is 5.87. The van der Waals surface area contributed by atoms with E-state index in [1.54, 1.807) is 6.07 Å². The second-order valence-corrected chi connectivity index (χ2v) is 4.12. The summed E-state index contributed by atoms with van der Waals surface area (Å²) in [4.78, 5) is 20.6. The highest BCUT2D eigenvalue weighted by atomic mass is 16.6. The number of nitro groups is 1. The molecule has 0 heterocycles. The fourth-order valence-corrected chi connectivity index (χ4v) is 1.40. The van der Waals surface area contributed by atoms with Gasteiger partial charge in [-0.1, -0.05) is 13.8 Å². The molecule has 0 saturated heterocycles. The minimum atomic E-state index is -0.870. The third-order valence-electron chi connectivity index (χ3n) is 2.38. The third kappa shape index (κ3) is 3.66. The molecule has 102 valence electrons. The second-order valence-electron chi connectivity index (χ2n) is 4.12. The normalized spacial score (nSPS) is 10.9. The fraction of sp³-hybridized carbons (Fsp3) is 0.273. The molecule has 8 nitrogen and oxygen atoms in total. The van der Waals surface area contributed by atoms with Crippen molar-refractivity contribution in [2.75, 3.05) is 0 Å². The summed E-state index contributed by atoms with van der Waals surface area (Å²) < 4.78 is 0. The van der Waals surface area contributed by atoms with Crippen LogP contribution in [0.1, 0.15) is 30.9 Å². The zero-order chi connectivity index (χ0) is 14.6. The van der Waals surface area contributed by atoms with Crippen molar-refractivity contribution in [3.8, 4) is 5.75 Å². The van der Waals surface area contributed by atoms with Crippen LogP contribution in [0.2, 0.25) is 0 Å². The smallest absolute Gasteiger partial charge is 0.332 e. The Morgan fingerprint density at radius 3 is 2.68 bits per heavy atom. The first-order chi connectivity index (χ1) is 8.82. The van der Waals surface area contributed by atoms with E-state index in [-0.39, 0.29) is 11.5 Å². The van der Waals surface area contributed by atoms with E-state index in [4.69, 9.17) is 5.73 Å². The SMILES string of the molecule is CC(C)c1cc(C=NNC(N)=O)c(O)c([N+](=O)[O-])c1. The van der Waals surface area contributed by atoms with Gasteiger partial charge in [0.2, 0.25) is 5.75 Å². The number of aromatic hydroxyl groups is 1. The minimum Gasteiger partial charge on any atom is -0.502 e. The Bertz CT molecular complexity index is 540. The lowest BCUT2D eigenvalue weighted by Crippen LogP contribution is -2.24. The number of carbonyl (C=O) groups excluding carboxylic acids is 1. The Balaban J connectivity index is 3.25. The molecule has 0 radical (unpaired) electrons. The molecule has 0 spiro atoms. The maximum Gasteiger partial charge on any atom is 0.332 e. The molecule has 0 fully saturated rings. The van der Waals surface area contributed by atoms with E-state index in [1.807, 2.05) is 19.3 Å². The van der Waals surface area contributed by atoms with Gasteiger partial charge < -0.3 is 10.8 Å². The van der Waals surface area contributed by atoms with Crippen molar-refractivity contribution in [3.63, 3.8) is 0 Å². The molecule has 8 heteroatoms. The Morgan fingerprint density at radius 2 is 2.21 bits per heavy atom.